The fourth-order valence-corrected chi connectivity index (χ4v) is 2.76. The molecule has 1 N–H and O–H groups in total. The maximum Gasteiger partial charge on any atom is 0.258 e. The van der Waals surface area contributed by atoms with Crippen molar-refractivity contribution in [2.45, 2.75) is 18.8 Å². The molecule has 0 atom stereocenters. The molecule has 2 aromatic heterocycles. The molecule has 94 valence electrons. The van der Waals surface area contributed by atoms with Crippen molar-refractivity contribution in [3.8, 4) is 0 Å². The summed E-state index contributed by atoms with van der Waals surface area (Å²) in [5, 5.41) is 3.33. The summed E-state index contributed by atoms with van der Waals surface area (Å²) in [6.07, 6.45) is 3.87. The number of hydrogen-bond acceptors (Lipinski definition) is 3. The van der Waals surface area contributed by atoms with E-state index in [0.717, 1.165) is 41.7 Å². The van der Waals surface area contributed by atoms with Gasteiger partial charge in [0.2, 0.25) is 0 Å². The van der Waals surface area contributed by atoms with Gasteiger partial charge in [-0.2, -0.15) is 0 Å². The molecule has 18 heavy (non-hydrogen) atoms. The largest absolute Gasteiger partial charge is 0.317 e. The first-order valence-electron chi connectivity index (χ1n) is 6.13. The second kappa shape index (κ2) is 4.82. The van der Waals surface area contributed by atoms with Crippen LogP contribution in [0.25, 0.3) is 5.65 Å². The van der Waals surface area contributed by atoms with Crippen LogP contribution in [-0.4, -0.2) is 22.5 Å². The first kappa shape index (κ1) is 11.9. The van der Waals surface area contributed by atoms with E-state index < -0.39 is 0 Å². The molecule has 0 amide bonds. The van der Waals surface area contributed by atoms with Gasteiger partial charge in [0, 0.05) is 22.7 Å². The third-order valence-electron chi connectivity index (χ3n) is 3.40. The summed E-state index contributed by atoms with van der Waals surface area (Å²) < 4.78 is 2.46. The number of nitrogens with one attached hydrogen (secondary N) is 1. The number of hydrogen-bond donors (Lipinski definition) is 1. The molecule has 0 bridgehead atoms. The van der Waals surface area contributed by atoms with Crippen molar-refractivity contribution in [2.75, 3.05) is 13.1 Å². The summed E-state index contributed by atoms with van der Waals surface area (Å²) in [6, 6.07) is 5.46. The van der Waals surface area contributed by atoms with Crippen LogP contribution >= 0.6 is 15.9 Å². The van der Waals surface area contributed by atoms with E-state index in [0.29, 0.717) is 5.92 Å². The van der Waals surface area contributed by atoms with E-state index in [9.17, 15) is 4.79 Å². The Morgan fingerprint density at radius 2 is 2.11 bits per heavy atom. The third-order valence-corrected chi connectivity index (χ3v) is 3.87. The van der Waals surface area contributed by atoms with Gasteiger partial charge in [-0.05, 0) is 54.0 Å². The van der Waals surface area contributed by atoms with Gasteiger partial charge in [-0.25, -0.2) is 4.98 Å². The standard InChI is InChI=1S/C13H14BrN3O/c14-10-1-2-12-16-11(7-13(18)17(12)8-10)9-3-5-15-6-4-9/h1-2,7-9,15H,3-6H2. The zero-order valence-corrected chi connectivity index (χ0v) is 11.5. The molecule has 1 aliphatic rings. The second-order valence-electron chi connectivity index (χ2n) is 4.62. The van der Waals surface area contributed by atoms with Crippen molar-refractivity contribution < 1.29 is 0 Å². The summed E-state index contributed by atoms with van der Waals surface area (Å²) in [4.78, 5) is 16.7. The van der Waals surface area contributed by atoms with Gasteiger partial charge in [-0.1, -0.05) is 0 Å². The minimum atomic E-state index is -0.00478. The Balaban J connectivity index is 2.09. The number of rotatable bonds is 1. The van der Waals surface area contributed by atoms with E-state index in [-0.39, 0.29) is 5.56 Å². The second-order valence-corrected chi connectivity index (χ2v) is 5.53. The molecule has 0 spiro atoms. The average Bonchev–Trinajstić information content (AvgIpc) is 2.40. The molecule has 0 saturated carbocycles. The molecule has 0 unspecified atom stereocenters. The van der Waals surface area contributed by atoms with Gasteiger partial charge in [0.25, 0.3) is 5.56 Å². The number of pyridine rings is 1. The minimum Gasteiger partial charge on any atom is -0.317 e. The lowest BCUT2D eigenvalue weighted by molar-refractivity contribution is 0.453. The van der Waals surface area contributed by atoms with Crippen LogP contribution in [0.4, 0.5) is 0 Å². The molecule has 3 rings (SSSR count). The molecular formula is C13H14BrN3O. The molecule has 1 fully saturated rings. The molecule has 5 heteroatoms. The Hall–Kier alpha value is -1.20. The van der Waals surface area contributed by atoms with E-state index >= 15 is 0 Å². The highest BCUT2D eigenvalue weighted by molar-refractivity contribution is 9.10. The molecule has 3 heterocycles. The smallest absolute Gasteiger partial charge is 0.258 e. The van der Waals surface area contributed by atoms with E-state index in [1.807, 2.05) is 12.1 Å². The maximum absolute atomic E-state index is 12.1. The van der Waals surface area contributed by atoms with Crippen LogP contribution in [0.1, 0.15) is 24.5 Å². The summed E-state index contributed by atoms with van der Waals surface area (Å²) in [5.74, 6) is 0.410. The molecular weight excluding hydrogens is 294 g/mol. The monoisotopic (exact) mass is 307 g/mol. The predicted molar refractivity (Wildman–Crippen MR) is 74.0 cm³/mol. The fourth-order valence-electron chi connectivity index (χ4n) is 2.42. The van der Waals surface area contributed by atoms with Gasteiger partial charge >= 0.3 is 0 Å². The van der Waals surface area contributed by atoms with Gasteiger partial charge in [0.15, 0.2) is 0 Å². The Morgan fingerprint density at radius 1 is 1.33 bits per heavy atom. The zero-order chi connectivity index (χ0) is 12.5. The molecule has 1 aliphatic heterocycles. The molecule has 0 aliphatic carbocycles. The lowest BCUT2D eigenvalue weighted by Gasteiger charge is -2.22. The SMILES string of the molecule is O=c1cc(C2CCNCC2)nc2ccc(Br)cn12. The first-order chi connectivity index (χ1) is 8.74. The summed E-state index contributed by atoms with van der Waals surface area (Å²) in [7, 11) is 0. The van der Waals surface area contributed by atoms with Crippen LogP contribution in [-0.2, 0) is 0 Å². The number of halogens is 1. The Morgan fingerprint density at radius 3 is 2.89 bits per heavy atom. The summed E-state index contributed by atoms with van der Waals surface area (Å²) in [6.45, 7) is 2.01. The van der Waals surface area contributed by atoms with Gasteiger partial charge in [-0.15, -0.1) is 0 Å². The highest BCUT2D eigenvalue weighted by Gasteiger charge is 2.17. The average molecular weight is 308 g/mol. The first-order valence-corrected chi connectivity index (χ1v) is 6.93. The normalized spacial score (nSPS) is 17.2. The van der Waals surface area contributed by atoms with Crippen molar-refractivity contribution in [1.82, 2.24) is 14.7 Å². The topological polar surface area (TPSA) is 46.4 Å². The lowest BCUT2D eigenvalue weighted by Crippen LogP contribution is -2.28. The van der Waals surface area contributed by atoms with E-state index in [1.54, 1.807) is 16.7 Å². The van der Waals surface area contributed by atoms with Gasteiger partial charge in [0.05, 0.1) is 5.69 Å². The molecule has 2 aromatic rings. The van der Waals surface area contributed by atoms with Crippen LogP contribution < -0.4 is 10.9 Å². The Labute approximate surface area is 113 Å². The number of piperidine rings is 1. The number of nitrogens with zero attached hydrogens (tertiary/aromatic N) is 2. The zero-order valence-electron chi connectivity index (χ0n) is 9.90. The Kier molecular flexibility index (Phi) is 3.18. The van der Waals surface area contributed by atoms with Crippen molar-refractivity contribution >= 4 is 21.6 Å². The molecule has 0 aromatic carbocycles. The fraction of sp³-hybridized carbons (Fsp3) is 0.385. The van der Waals surface area contributed by atoms with Gasteiger partial charge < -0.3 is 5.32 Å². The maximum atomic E-state index is 12.1. The van der Waals surface area contributed by atoms with Crippen LogP contribution in [0.3, 0.4) is 0 Å². The van der Waals surface area contributed by atoms with Gasteiger partial charge in [0.1, 0.15) is 5.65 Å². The number of aromatic nitrogens is 2. The highest BCUT2D eigenvalue weighted by Crippen LogP contribution is 2.23. The van der Waals surface area contributed by atoms with Crippen molar-refractivity contribution in [1.29, 1.82) is 0 Å². The molecule has 4 nitrogen and oxygen atoms in total. The van der Waals surface area contributed by atoms with Crippen LogP contribution in [0.5, 0.6) is 0 Å². The van der Waals surface area contributed by atoms with E-state index in [1.165, 1.54) is 0 Å². The van der Waals surface area contributed by atoms with Crippen molar-refractivity contribution in [3.63, 3.8) is 0 Å². The highest BCUT2D eigenvalue weighted by atomic mass is 79.9. The van der Waals surface area contributed by atoms with Crippen LogP contribution in [0.2, 0.25) is 0 Å². The lowest BCUT2D eigenvalue weighted by atomic mass is 9.94. The van der Waals surface area contributed by atoms with E-state index in [2.05, 4.69) is 26.2 Å². The van der Waals surface area contributed by atoms with Crippen molar-refractivity contribution in [2.24, 2.45) is 0 Å². The third kappa shape index (κ3) is 2.20. The predicted octanol–water partition coefficient (Wildman–Crippen LogP) is 1.92. The summed E-state index contributed by atoms with van der Waals surface area (Å²) >= 11 is 3.37. The van der Waals surface area contributed by atoms with Crippen LogP contribution in [0, 0.1) is 0 Å². The Bertz CT molecular complexity index is 632. The van der Waals surface area contributed by atoms with E-state index in [4.69, 9.17) is 0 Å². The minimum absolute atomic E-state index is 0.00478. The number of fused-ring (bicyclic) bond motifs is 1. The molecule has 0 radical (unpaired) electrons. The van der Waals surface area contributed by atoms with Crippen LogP contribution in [0.15, 0.2) is 33.7 Å². The van der Waals surface area contributed by atoms with Crippen molar-refractivity contribution in [3.05, 3.63) is 44.9 Å². The molecule has 1 saturated heterocycles. The van der Waals surface area contributed by atoms with Gasteiger partial charge in [-0.3, -0.25) is 9.20 Å². The summed E-state index contributed by atoms with van der Waals surface area (Å²) in [5.41, 5.74) is 1.65. The quantitative estimate of drug-likeness (QED) is 0.875.